The molecule has 0 spiro atoms. The number of methoxy groups -OCH3 is 1. The first-order chi connectivity index (χ1) is 12.6. The zero-order valence-corrected chi connectivity index (χ0v) is 15.2. The van der Waals surface area contributed by atoms with E-state index in [9.17, 15) is 9.59 Å². The summed E-state index contributed by atoms with van der Waals surface area (Å²) in [5, 5.41) is 0.645. The molecule has 134 valence electrons. The molecule has 1 unspecified atom stereocenters. The summed E-state index contributed by atoms with van der Waals surface area (Å²) < 4.78 is 5.30. The Morgan fingerprint density at radius 3 is 2.85 bits per heavy atom. The zero-order valence-electron chi connectivity index (χ0n) is 14.4. The van der Waals surface area contributed by atoms with Crippen LogP contribution in [0.2, 0.25) is 5.02 Å². The SMILES string of the molecule is COc1ccccc1C(=O)N1CC(=O)N2CCc3ccc(Cl)cc3C2C1. The molecule has 2 aromatic rings. The van der Waals surface area contributed by atoms with Crippen LogP contribution in [0.1, 0.15) is 27.5 Å². The molecule has 0 saturated carbocycles. The van der Waals surface area contributed by atoms with Crippen LogP contribution in [-0.2, 0) is 11.2 Å². The van der Waals surface area contributed by atoms with E-state index in [0.29, 0.717) is 29.4 Å². The standard InChI is InChI=1S/C20H19ClN2O3/c1-26-18-5-3-2-4-15(18)20(25)22-11-17-16-10-14(21)7-6-13(16)8-9-23(17)19(24)12-22/h2-7,10,17H,8-9,11-12H2,1H3. The van der Waals surface area contributed by atoms with Gasteiger partial charge in [-0.1, -0.05) is 29.8 Å². The number of rotatable bonds is 2. The number of carbonyl (C=O) groups is 2. The van der Waals surface area contributed by atoms with Crippen LogP contribution in [0.5, 0.6) is 5.75 Å². The Bertz CT molecular complexity index is 883. The number of amides is 2. The van der Waals surface area contributed by atoms with Gasteiger partial charge in [-0.25, -0.2) is 0 Å². The van der Waals surface area contributed by atoms with Gasteiger partial charge >= 0.3 is 0 Å². The highest BCUT2D eigenvalue weighted by molar-refractivity contribution is 6.30. The Balaban J connectivity index is 1.67. The summed E-state index contributed by atoms with van der Waals surface area (Å²) in [7, 11) is 1.54. The van der Waals surface area contributed by atoms with Gasteiger partial charge in [-0.15, -0.1) is 0 Å². The number of para-hydroxylation sites is 1. The van der Waals surface area contributed by atoms with Gasteiger partial charge in [0.25, 0.3) is 5.91 Å². The molecule has 6 heteroatoms. The first-order valence-corrected chi connectivity index (χ1v) is 8.96. The average molecular weight is 371 g/mol. The van der Waals surface area contributed by atoms with Crippen molar-refractivity contribution in [2.45, 2.75) is 12.5 Å². The summed E-state index contributed by atoms with van der Waals surface area (Å²) >= 11 is 6.18. The molecule has 0 aromatic heterocycles. The molecule has 2 aromatic carbocycles. The molecule has 2 aliphatic rings. The molecule has 2 heterocycles. The summed E-state index contributed by atoms with van der Waals surface area (Å²) in [5.74, 6) is 0.291. The summed E-state index contributed by atoms with van der Waals surface area (Å²) in [6, 6.07) is 12.7. The van der Waals surface area contributed by atoms with E-state index in [4.69, 9.17) is 16.3 Å². The summed E-state index contributed by atoms with van der Waals surface area (Å²) in [4.78, 5) is 29.2. The zero-order chi connectivity index (χ0) is 18.3. The summed E-state index contributed by atoms with van der Waals surface area (Å²) in [6.45, 7) is 1.22. The Kier molecular flexibility index (Phi) is 4.32. The topological polar surface area (TPSA) is 49.9 Å². The van der Waals surface area contributed by atoms with Gasteiger partial charge in [0.15, 0.2) is 0 Å². The van der Waals surface area contributed by atoms with Crippen LogP contribution in [0.25, 0.3) is 0 Å². The van der Waals surface area contributed by atoms with Gasteiger partial charge in [0.05, 0.1) is 18.7 Å². The molecule has 1 fully saturated rings. The Morgan fingerprint density at radius 2 is 2.04 bits per heavy atom. The predicted molar refractivity (Wildman–Crippen MR) is 98.5 cm³/mol. The van der Waals surface area contributed by atoms with Crippen LogP contribution in [0.3, 0.4) is 0 Å². The minimum atomic E-state index is -0.190. The van der Waals surface area contributed by atoms with Crippen molar-refractivity contribution in [3.63, 3.8) is 0 Å². The fraction of sp³-hybridized carbons (Fsp3) is 0.300. The van der Waals surface area contributed by atoms with Crippen LogP contribution in [0, 0.1) is 0 Å². The highest BCUT2D eigenvalue weighted by Gasteiger charge is 2.39. The minimum Gasteiger partial charge on any atom is -0.496 e. The second-order valence-electron chi connectivity index (χ2n) is 6.58. The third-order valence-corrected chi connectivity index (χ3v) is 5.36. The van der Waals surface area contributed by atoms with Crippen molar-refractivity contribution in [1.29, 1.82) is 0 Å². The number of nitrogens with zero attached hydrogens (tertiary/aromatic N) is 2. The van der Waals surface area contributed by atoms with Gasteiger partial charge in [0, 0.05) is 18.1 Å². The number of hydrogen-bond acceptors (Lipinski definition) is 3. The van der Waals surface area contributed by atoms with E-state index in [-0.39, 0.29) is 24.4 Å². The van der Waals surface area contributed by atoms with Gasteiger partial charge in [0.1, 0.15) is 12.3 Å². The Hall–Kier alpha value is -2.53. The molecule has 26 heavy (non-hydrogen) atoms. The number of halogens is 1. The monoisotopic (exact) mass is 370 g/mol. The third kappa shape index (κ3) is 2.82. The van der Waals surface area contributed by atoms with E-state index in [1.807, 2.05) is 29.2 Å². The predicted octanol–water partition coefficient (Wildman–Crippen LogP) is 2.93. The molecular formula is C20H19ClN2O3. The lowest BCUT2D eigenvalue weighted by Gasteiger charge is -2.44. The summed E-state index contributed by atoms with van der Waals surface area (Å²) in [5.41, 5.74) is 2.70. The highest BCUT2D eigenvalue weighted by Crippen LogP contribution is 2.35. The molecule has 4 rings (SSSR count). The van der Waals surface area contributed by atoms with Crippen molar-refractivity contribution in [3.8, 4) is 5.75 Å². The molecule has 0 radical (unpaired) electrons. The van der Waals surface area contributed by atoms with Crippen LogP contribution >= 0.6 is 11.6 Å². The maximum absolute atomic E-state index is 13.0. The van der Waals surface area contributed by atoms with Gasteiger partial charge in [-0.2, -0.15) is 0 Å². The molecule has 0 bridgehead atoms. The van der Waals surface area contributed by atoms with E-state index in [1.165, 1.54) is 12.7 Å². The molecule has 1 atom stereocenters. The number of carbonyl (C=O) groups excluding carboxylic acids is 2. The Labute approximate surface area is 157 Å². The molecule has 0 aliphatic carbocycles. The van der Waals surface area contributed by atoms with E-state index in [2.05, 4.69) is 0 Å². The smallest absolute Gasteiger partial charge is 0.258 e. The van der Waals surface area contributed by atoms with Crippen molar-refractivity contribution in [3.05, 3.63) is 64.2 Å². The first-order valence-electron chi connectivity index (χ1n) is 8.58. The molecular weight excluding hydrogens is 352 g/mol. The maximum Gasteiger partial charge on any atom is 0.258 e. The molecule has 2 aliphatic heterocycles. The Morgan fingerprint density at radius 1 is 1.23 bits per heavy atom. The average Bonchev–Trinajstić information content (AvgIpc) is 2.67. The lowest BCUT2D eigenvalue weighted by atomic mass is 9.90. The second-order valence-corrected chi connectivity index (χ2v) is 7.02. The van der Waals surface area contributed by atoms with Gasteiger partial charge < -0.3 is 14.5 Å². The van der Waals surface area contributed by atoms with Gasteiger partial charge in [-0.3, -0.25) is 9.59 Å². The number of fused-ring (bicyclic) bond motifs is 3. The lowest BCUT2D eigenvalue weighted by molar-refractivity contribution is -0.139. The first kappa shape index (κ1) is 16.9. The number of hydrogen-bond donors (Lipinski definition) is 0. The molecule has 5 nitrogen and oxygen atoms in total. The van der Waals surface area contributed by atoms with E-state index in [1.54, 1.807) is 23.1 Å². The molecule has 2 amide bonds. The van der Waals surface area contributed by atoms with Crippen LogP contribution in [-0.4, -0.2) is 48.4 Å². The van der Waals surface area contributed by atoms with Crippen molar-refractivity contribution >= 4 is 23.4 Å². The third-order valence-electron chi connectivity index (χ3n) is 5.13. The summed E-state index contributed by atoms with van der Waals surface area (Å²) in [6.07, 6.45) is 0.815. The normalized spacial score (nSPS) is 19.0. The van der Waals surface area contributed by atoms with Gasteiger partial charge in [-0.05, 0) is 41.8 Å². The van der Waals surface area contributed by atoms with Crippen LogP contribution in [0.4, 0.5) is 0 Å². The van der Waals surface area contributed by atoms with Crippen LogP contribution in [0.15, 0.2) is 42.5 Å². The van der Waals surface area contributed by atoms with E-state index < -0.39 is 0 Å². The second kappa shape index (κ2) is 6.65. The van der Waals surface area contributed by atoms with E-state index in [0.717, 1.165) is 12.0 Å². The molecule has 1 saturated heterocycles. The fourth-order valence-electron chi connectivity index (χ4n) is 3.84. The quantitative estimate of drug-likeness (QED) is 0.816. The number of piperazine rings is 1. The minimum absolute atomic E-state index is 0.0323. The van der Waals surface area contributed by atoms with Crippen molar-refractivity contribution in [2.75, 3.05) is 26.7 Å². The fourth-order valence-corrected chi connectivity index (χ4v) is 4.02. The van der Waals surface area contributed by atoms with Crippen LogP contribution < -0.4 is 4.74 Å². The van der Waals surface area contributed by atoms with E-state index >= 15 is 0 Å². The number of benzene rings is 2. The van der Waals surface area contributed by atoms with Crippen molar-refractivity contribution in [2.24, 2.45) is 0 Å². The van der Waals surface area contributed by atoms with Crippen molar-refractivity contribution < 1.29 is 14.3 Å². The lowest BCUT2D eigenvalue weighted by Crippen LogP contribution is -2.55. The highest BCUT2D eigenvalue weighted by atomic mass is 35.5. The maximum atomic E-state index is 13.0. The largest absolute Gasteiger partial charge is 0.496 e. The number of ether oxygens (including phenoxy) is 1. The van der Waals surface area contributed by atoms with Crippen molar-refractivity contribution in [1.82, 2.24) is 9.80 Å². The molecule has 0 N–H and O–H groups in total. The van der Waals surface area contributed by atoms with Gasteiger partial charge in [0.2, 0.25) is 5.91 Å².